The van der Waals surface area contributed by atoms with Gasteiger partial charge in [0.25, 0.3) is 0 Å². The number of nitrogens with two attached hydrogens (primary N) is 2. The number of hydrogen-bond donors (Lipinski definition) is 3. The molecule has 0 heterocycles. The molecule has 0 saturated heterocycles. The molecule has 0 aliphatic heterocycles. The number of rotatable bonds is 2. The standard InChI is InChI=1S/C13H20N2S/c14-11-4-1-9(2-5-11)7-10-3-6-12(15)13(16)8-10/h3,6,8-9,11,16H,1-2,4-5,7,14-15H2. The normalized spacial score (nSPS) is 25.6. The molecule has 16 heavy (non-hydrogen) atoms. The number of thiol groups is 1. The molecule has 3 heteroatoms. The van der Waals surface area contributed by atoms with Crippen LogP contribution in [0.2, 0.25) is 0 Å². The fourth-order valence-electron chi connectivity index (χ4n) is 2.44. The molecule has 0 spiro atoms. The third-order valence-corrected chi connectivity index (χ3v) is 3.90. The zero-order valence-electron chi connectivity index (χ0n) is 9.52. The number of nitrogen functional groups attached to an aromatic ring is 1. The van der Waals surface area contributed by atoms with Crippen molar-refractivity contribution < 1.29 is 0 Å². The first kappa shape index (κ1) is 11.8. The summed E-state index contributed by atoms with van der Waals surface area (Å²) in [5.41, 5.74) is 13.8. The minimum atomic E-state index is 0.433. The van der Waals surface area contributed by atoms with Crippen molar-refractivity contribution in [3.8, 4) is 0 Å². The second-order valence-corrected chi connectivity index (χ2v) is 5.36. The van der Waals surface area contributed by atoms with Crippen molar-refractivity contribution in [1.29, 1.82) is 0 Å². The van der Waals surface area contributed by atoms with Gasteiger partial charge in [-0.2, -0.15) is 0 Å². The van der Waals surface area contributed by atoms with E-state index in [0.717, 1.165) is 22.9 Å². The smallest absolute Gasteiger partial charge is 0.0449 e. The lowest BCUT2D eigenvalue weighted by molar-refractivity contribution is 0.325. The molecule has 0 unspecified atom stereocenters. The van der Waals surface area contributed by atoms with E-state index in [0.29, 0.717) is 6.04 Å². The van der Waals surface area contributed by atoms with Crippen LogP contribution in [0.25, 0.3) is 0 Å². The van der Waals surface area contributed by atoms with Crippen molar-refractivity contribution in [1.82, 2.24) is 0 Å². The van der Waals surface area contributed by atoms with Crippen molar-refractivity contribution >= 4 is 18.3 Å². The minimum absolute atomic E-state index is 0.433. The van der Waals surface area contributed by atoms with Gasteiger partial charge >= 0.3 is 0 Å². The number of hydrogen-bond acceptors (Lipinski definition) is 3. The Labute approximate surface area is 103 Å². The lowest BCUT2D eigenvalue weighted by Crippen LogP contribution is -2.27. The molecule has 0 atom stereocenters. The van der Waals surface area contributed by atoms with E-state index in [1.54, 1.807) is 0 Å². The Morgan fingerprint density at radius 2 is 1.88 bits per heavy atom. The van der Waals surface area contributed by atoms with E-state index in [2.05, 4.69) is 24.8 Å². The molecule has 0 amide bonds. The largest absolute Gasteiger partial charge is 0.398 e. The topological polar surface area (TPSA) is 52.0 Å². The van der Waals surface area contributed by atoms with E-state index in [1.807, 2.05) is 6.07 Å². The Morgan fingerprint density at radius 3 is 2.50 bits per heavy atom. The monoisotopic (exact) mass is 236 g/mol. The Balaban J connectivity index is 1.96. The average molecular weight is 236 g/mol. The first-order valence-corrected chi connectivity index (χ1v) is 6.43. The summed E-state index contributed by atoms with van der Waals surface area (Å²) < 4.78 is 0. The van der Waals surface area contributed by atoms with Crippen LogP contribution in [0, 0.1) is 5.92 Å². The summed E-state index contributed by atoms with van der Waals surface area (Å²) in [6.45, 7) is 0. The van der Waals surface area contributed by atoms with Gasteiger partial charge in [0, 0.05) is 16.6 Å². The summed E-state index contributed by atoms with van der Waals surface area (Å²) in [5.74, 6) is 0.788. The van der Waals surface area contributed by atoms with Crippen LogP contribution < -0.4 is 11.5 Å². The van der Waals surface area contributed by atoms with Gasteiger partial charge in [-0.3, -0.25) is 0 Å². The maximum Gasteiger partial charge on any atom is 0.0449 e. The van der Waals surface area contributed by atoms with Crippen LogP contribution >= 0.6 is 12.6 Å². The van der Waals surface area contributed by atoms with Gasteiger partial charge in [-0.1, -0.05) is 6.07 Å². The van der Waals surface area contributed by atoms with Gasteiger partial charge < -0.3 is 11.5 Å². The van der Waals surface area contributed by atoms with E-state index in [-0.39, 0.29) is 0 Å². The van der Waals surface area contributed by atoms with E-state index in [9.17, 15) is 0 Å². The summed E-state index contributed by atoms with van der Waals surface area (Å²) in [6, 6.07) is 6.59. The lowest BCUT2D eigenvalue weighted by atomic mass is 9.83. The highest BCUT2D eigenvalue weighted by molar-refractivity contribution is 7.80. The van der Waals surface area contributed by atoms with Gasteiger partial charge in [0.05, 0.1) is 0 Å². The molecule has 2 nitrogen and oxygen atoms in total. The predicted molar refractivity (Wildman–Crippen MR) is 71.7 cm³/mol. The molecule has 0 radical (unpaired) electrons. The van der Waals surface area contributed by atoms with Crippen LogP contribution in [0.15, 0.2) is 23.1 Å². The molecule has 4 N–H and O–H groups in total. The highest BCUT2D eigenvalue weighted by Crippen LogP contribution is 2.28. The van der Waals surface area contributed by atoms with Gasteiger partial charge in [-0.25, -0.2) is 0 Å². The molecule has 1 aliphatic carbocycles. The first-order valence-electron chi connectivity index (χ1n) is 5.98. The Bertz CT molecular complexity index is 357. The van der Waals surface area contributed by atoms with Gasteiger partial charge in [0.2, 0.25) is 0 Å². The Morgan fingerprint density at radius 1 is 1.19 bits per heavy atom. The van der Waals surface area contributed by atoms with Gasteiger partial charge in [-0.05, 0) is 55.7 Å². The molecule has 1 aromatic rings. The Hall–Kier alpha value is -0.670. The highest BCUT2D eigenvalue weighted by Gasteiger charge is 2.18. The summed E-state index contributed by atoms with van der Waals surface area (Å²) >= 11 is 4.35. The molecule has 0 aromatic heterocycles. The summed E-state index contributed by atoms with van der Waals surface area (Å²) in [7, 11) is 0. The Kier molecular flexibility index (Phi) is 3.77. The fraction of sp³-hybridized carbons (Fsp3) is 0.538. The molecular weight excluding hydrogens is 216 g/mol. The van der Waals surface area contributed by atoms with Crippen molar-refractivity contribution in [2.45, 2.75) is 43.0 Å². The third-order valence-electron chi connectivity index (χ3n) is 3.51. The summed E-state index contributed by atoms with van der Waals surface area (Å²) in [5, 5.41) is 0. The maximum absolute atomic E-state index is 5.91. The molecule has 0 bridgehead atoms. The van der Waals surface area contributed by atoms with Crippen LogP contribution in [0.1, 0.15) is 31.2 Å². The highest BCUT2D eigenvalue weighted by atomic mass is 32.1. The number of benzene rings is 1. The summed E-state index contributed by atoms with van der Waals surface area (Å²) in [6.07, 6.45) is 6.00. The van der Waals surface area contributed by atoms with E-state index in [4.69, 9.17) is 11.5 Å². The maximum atomic E-state index is 5.91. The van der Waals surface area contributed by atoms with Gasteiger partial charge in [0.1, 0.15) is 0 Å². The molecule has 1 aliphatic rings. The molecule has 2 rings (SSSR count). The zero-order chi connectivity index (χ0) is 11.5. The van der Waals surface area contributed by atoms with Crippen LogP contribution in [0.4, 0.5) is 5.69 Å². The average Bonchev–Trinajstić information content (AvgIpc) is 2.27. The van der Waals surface area contributed by atoms with Crippen LogP contribution in [0.3, 0.4) is 0 Å². The van der Waals surface area contributed by atoms with Gasteiger partial charge in [-0.15, -0.1) is 12.6 Å². The SMILES string of the molecule is Nc1ccc(CC2CCC(N)CC2)cc1S. The van der Waals surface area contributed by atoms with Crippen molar-refractivity contribution in [2.75, 3.05) is 5.73 Å². The fourth-order valence-corrected chi connectivity index (χ4v) is 2.68. The second kappa shape index (κ2) is 5.11. The zero-order valence-corrected chi connectivity index (χ0v) is 10.4. The first-order chi connectivity index (χ1) is 7.65. The quantitative estimate of drug-likeness (QED) is 0.546. The van der Waals surface area contributed by atoms with Gasteiger partial charge in [0.15, 0.2) is 0 Å². The third kappa shape index (κ3) is 2.92. The molecular formula is C13H20N2S. The lowest BCUT2D eigenvalue weighted by Gasteiger charge is -2.26. The van der Waals surface area contributed by atoms with E-state index in [1.165, 1.54) is 31.2 Å². The van der Waals surface area contributed by atoms with Crippen molar-refractivity contribution in [2.24, 2.45) is 11.7 Å². The minimum Gasteiger partial charge on any atom is -0.398 e. The molecule has 1 saturated carbocycles. The molecule has 1 aromatic carbocycles. The van der Waals surface area contributed by atoms with E-state index >= 15 is 0 Å². The van der Waals surface area contributed by atoms with Crippen LogP contribution in [-0.4, -0.2) is 6.04 Å². The second-order valence-electron chi connectivity index (χ2n) is 4.88. The molecule has 88 valence electrons. The van der Waals surface area contributed by atoms with E-state index < -0.39 is 0 Å². The number of anilines is 1. The molecule has 1 fully saturated rings. The van der Waals surface area contributed by atoms with Crippen molar-refractivity contribution in [3.63, 3.8) is 0 Å². The van der Waals surface area contributed by atoms with Crippen molar-refractivity contribution in [3.05, 3.63) is 23.8 Å². The van der Waals surface area contributed by atoms with Crippen LogP contribution in [0.5, 0.6) is 0 Å². The predicted octanol–water partition coefficient (Wildman–Crippen LogP) is 2.62. The summed E-state index contributed by atoms with van der Waals surface area (Å²) in [4.78, 5) is 0.894. The van der Waals surface area contributed by atoms with Crippen LogP contribution in [-0.2, 0) is 6.42 Å².